The summed E-state index contributed by atoms with van der Waals surface area (Å²) in [7, 11) is 3.90. The fourth-order valence-electron chi connectivity index (χ4n) is 3.02. The van der Waals surface area contributed by atoms with Gasteiger partial charge >= 0.3 is 11.8 Å². The number of carbonyl (C=O) groups is 2. The first-order chi connectivity index (χ1) is 13.5. The van der Waals surface area contributed by atoms with E-state index in [-0.39, 0.29) is 30.1 Å². The topological polar surface area (TPSA) is 101 Å². The van der Waals surface area contributed by atoms with E-state index in [0.29, 0.717) is 32.8 Å². The average Bonchev–Trinajstić information content (AvgIpc) is 3.18. The molecule has 3 rings (SSSR count). The smallest absolute Gasteiger partial charge is 0.315 e. The van der Waals surface area contributed by atoms with E-state index in [2.05, 4.69) is 15.5 Å². The van der Waals surface area contributed by atoms with Crippen molar-refractivity contribution in [2.75, 3.05) is 46.9 Å². The monoisotopic (exact) mass is 387 g/mol. The molecule has 1 atom stereocenters. The van der Waals surface area contributed by atoms with Crippen LogP contribution in [0.1, 0.15) is 28.1 Å². The Hall–Kier alpha value is -2.78. The standard InChI is InChI=1S/C19H25N5O4/c1-23(2)15(14-6-4-3-5-7-14)13-20-18(26)19-21-16(22-28-19)12-17(25)24-8-10-27-11-9-24/h3-7,15H,8-13H2,1-2H3,(H,20,26)/t15-/m1/s1. The third-order valence-corrected chi connectivity index (χ3v) is 4.60. The van der Waals surface area contributed by atoms with Crippen molar-refractivity contribution in [3.05, 3.63) is 47.6 Å². The Labute approximate surface area is 163 Å². The van der Waals surface area contributed by atoms with Crippen molar-refractivity contribution in [2.45, 2.75) is 12.5 Å². The Bertz CT molecular complexity index is 787. The SMILES string of the molecule is CN(C)[C@H](CNC(=O)c1nc(CC(=O)N2CCOCC2)no1)c1ccccc1. The number of hydrogen-bond donors (Lipinski definition) is 1. The van der Waals surface area contributed by atoms with E-state index in [4.69, 9.17) is 9.26 Å². The molecule has 1 aliphatic heterocycles. The number of amides is 2. The maximum Gasteiger partial charge on any atom is 0.315 e. The molecule has 9 heteroatoms. The van der Waals surface area contributed by atoms with E-state index in [1.807, 2.05) is 49.3 Å². The molecule has 0 aliphatic carbocycles. The van der Waals surface area contributed by atoms with Crippen LogP contribution in [-0.2, 0) is 16.0 Å². The number of rotatable bonds is 7. The van der Waals surface area contributed by atoms with E-state index in [9.17, 15) is 9.59 Å². The highest BCUT2D eigenvalue weighted by Crippen LogP contribution is 2.16. The molecule has 2 aromatic rings. The van der Waals surface area contributed by atoms with Crippen molar-refractivity contribution in [3.8, 4) is 0 Å². The zero-order chi connectivity index (χ0) is 19.9. The molecule has 1 aromatic carbocycles. The lowest BCUT2D eigenvalue weighted by atomic mass is 10.1. The predicted molar refractivity (Wildman–Crippen MR) is 101 cm³/mol. The van der Waals surface area contributed by atoms with Crippen LogP contribution >= 0.6 is 0 Å². The Morgan fingerprint density at radius 1 is 1.21 bits per heavy atom. The van der Waals surface area contributed by atoms with Crippen molar-refractivity contribution in [3.63, 3.8) is 0 Å². The molecule has 1 aromatic heterocycles. The predicted octanol–water partition coefficient (Wildman–Crippen LogP) is 0.504. The zero-order valence-electron chi connectivity index (χ0n) is 16.1. The van der Waals surface area contributed by atoms with Gasteiger partial charge < -0.3 is 24.4 Å². The van der Waals surface area contributed by atoms with Gasteiger partial charge in [-0.2, -0.15) is 4.98 Å². The minimum Gasteiger partial charge on any atom is -0.378 e. The summed E-state index contributed by atoms with van der Waals surface area (Å²) < 4.78 is 10.3. The Morgan fingerprint density at radius 2 is 1.93 bits per heavy atom. The van der Waals surface area contributed by atoms with Gasteiger partial charge in [-0.3, -0.25) is 9.59 Å². The summed E-state index contributed by atoms with van der Waals surface area (Å²) in [5.41, 5.74) is 1.09. The first-order valence-electron chi connectivity index (χ1n) is 9.22. The zero-order valence-corrected chi connectivity index (χ0v) is 16.1. The number of benzene rings is 1. The molecule has 28 heavy (non-hydrogen) atoms. The fraction of sp³-hybridized carbons (Fsp3) is 0.474. The summed E-state index contributed by atoms with van der Waals surface area (Å²) >= 11 is 0. The molecular formula is C19H25N5O4. The summed E-state index contributed by atoms with van der Waals surface area (Å²) in [4.78, 5) is 32.4. The lowest BCUT2D eigenvalue weighted by Crippen LogP contribution is -2.41. The van der Waals surface area contributed by atoms with Gasteiger partial charge in [-0.1, -0.05) is 35.5 Å². The van der Waals surface area contributed by atoms with Gasteiger partial charge in [0.15, 0.2) is 5.82 Å². The first-order valence-corrected chi connectivity index (χ1v) is 9.22. The van der Waals surface area contributed by atoms with E-state index in [1.165, 1.54) is 0 Å². The Morgan fingerprint density at radius 3 is 2.61 bits per heavy atom. The molecule has 1 N–H and O–H groups in total. The van der Waals surface area contributed by atoms with Gasteiger partial charge in [-0.25, -0.2) is 0 Å². The van der Waals surface area contributed by atoms with Crippen LogP contribution in [0.3, 0.4) is 0 Å². The number of likely N-dealkylation sites (N-methyl/N-ethyl adjacent to an activating group) is 1. The maximum absolute atomic E-state index is 12.4. The number of aromatic nitrogens is 2. The first kappa shape index (κ1) is 20.0. The largest absolute Gasteiger partial charge is 0.378 e. The van der Waals surface area contributed by atoms with Crippen LogP contribution in [-0.4, -0.2) is 78.7 Å². The molecule has 1 saturated heterocycles. The van der Waals surface area contributed by atoms with Crippen LogP contribution in [0, 0.1) is 0 Å². The minimum atomic E-state index is -0.458. The highest BCUT2D eigenvalue weighted by atomic mass is 16.5. The van der Waals surface area contributed by atoms with Gasteiger partial charge in [0.2, 0.25) is 5.91 Å². The molecule has 1 aliphatic rings. The summed E-state index contributed by atoms with van der Waals surface area (Å²) in [6.07, 6.45) is 0.00111. The molecule has 2 amide bonds. The molecule has 1 fully saturated rings. The van der Waals surface area contributed by atoms with Crippen molar-refractivity contribution in [2.24, 2.45) is 0 Å². The van der Waals surface area contributed by atoms with E-state index in [1.54, 1.807) is 4.90 Å². The normalized spacial score (nSPS) is 15.5. The van der Waals surface area contributed by atoms with Gasteiger partial charge in [0, 0.05) is 19.6 Å². The van der Waals surface area contributed by atoms with E-state index < -0.39 is 5.91 Å². The number of carbonyl (C=O) groups excluding carboxylic acids is 2. The third-order valence-electron chi connectivity index (χ3n) is 4.60. The van der Waals surface area contributed by atoms with Crippen LogP contribution in [0.4, 0.5) is 0 Å². The minimum absolute atomic E-state index is 0.00111. The van der Waals surface area contributed by atoms with Gasteiger partial charge in [0.1, 0.15) is 0 Å². The quantitative estimate of drug-likeness (QED) is 0.738. The summed E-state index contributed by atoms with van der Waals surface area (Å²) in [5.74, 6) is -0.502. The second kappa shape index (κ2) is 9.43. The molecule has 0 spiro atoms. The molecule has 9 nitrogen and oxygen atoms in total. The number of hydrogen-bond acceptors (Lipinski definition) is 7. The summed E-state index contributed by atoms with van der Waals surface area (Å²) in [6.45, 7) is 2.55. The molecular weight excluding hydrogens is 362 g/mol. The van der Waals surface area contributed by atoms with E-state index >= 15 is 0 Å². The average molecular weight is 387 g/mol. The van der Waals surface area contributed by atoms with Crippen molar-refractivity contribution in [1.82, 2.24) is 25.3 Å². The Kier molecular flexibility index (Phi) is 6.72. The second-order valence-corrected chi connectivity index (χ2v) is 6.79. The van der Waals surface area contributed by atoms with Crippen LogP contribution in [0.5, 0.6) is 0 Å². The highest BCUT2D eigenvalue weighted by Gasteiger charge is 2.22. The van der Waals surface area contributed by atoms with Crippen molar-refractivity contribution < 1.29 is 18.8 Å². The van der Waals surface area contributed by atoms with Crippen molar-refractivity contribution in [1.29, 1.82) is 0 Å². The fourth-order valence-corrected chi connectivity index (χ4v) is 3.02. The summed E-state index contributed by atoms with van der Waals surface area (Å²) in [5, 5.41) is 6.58. The van der Waals surface area contributed by atoms with E-state index in [0.717, 1.165) is 5.56 Å². The number of nitrogens with one attached hydrogen (secondary N) is 1. The maximum atomic E-state index is 12.4. The molecule has 150 valence electrons. The number of nitrogens with zero attached hydrogens (tertiary/aromatic N) is 4. The Balaban J connectivity index is 1.55. The summed E-state index contributed by atoms with van der Waals surface area (Å²) in [6, 6.07) is 9.91. The molecule has 0 saturated carbocycles. The number of morpholine rings is 1. The van der Waals surface area contributed by atoms with Crippen LogP contribution in [0.15, 0.2) is 34.9 Å². The van der Waals surface area contributed by atoms with Gasteiger partial charge in [-0.05, 0) is 19.7 Å². The van der Waals surface area contributed by atoms with Crippen LogP contribution < -0.4 is 5.32 Å². The van der Waals surface area contributed by atoms with Gasteiger partial charge in [0.05, 0.1) is 25.7 Å². The van der Waals surface area contributed by atoms with Gasteiger partial charge in [-0.15, -0.1) is 0 Å². The molecule has 0 radical (unpaired) electrons. The second-order valence-electron chi connectivity index (χ2n) is 6.79. The highest BCUT2D eigenvalue weighted by molar-refractivity contribution is 5.89. The number of ether oxygens (including phenoxy) is 1. The van der Waals surface area contributed by atoms with Crippen LogP contribution in [0.25, 0.3) is 0 Å². The van der Waals surface area contributed by atoms with Crippen LogP contribution in [0.2, 0.25) is 0 Å². The molecule has 2 heterocycles. The molecule has 0 unspecified atom stereocenters. The molecule has 0 bridgehead atoms. The van der Waals surface area contributed by atoms with Crippen molar-refractivity contribution >= 4 is 11.8 Å². The third kappa shape index (κ3) is 5.14. The lowest BCUT2D eigenvalue weighted by molar-refractivity contribution is -0.134. The van der Waals surface area contributed by atoms with Gasteiger partial charge in [0.25, 0.3) is 0 Å². The lowest BCUT2D eigenvalue weighted by Gasteiger charge is -2.26.